The molecule has 15 heteroatoms. The first kappa shape index (κ1) is 54.1. The Bertz CT molecular complexity index is 1920. The van der Waals surface area contributed by atoms with Gasteiger partial charge < -0.3 is 48.9 Å². The van der Waals surface area contributed by atoms with Crippen LogP contribution in [0.25, 0.3) is 0 Å². The van der Waals surface area contributed by atoms with Crippen molar-refractivity contribution in [3.63, 3.8) is 0 Å². The van der Waals surface area contributed by atoms with Crippen LogP contribution in [-0.2, 0) is 52.4 Å². The number of cyclic esters (lactones) is 1. The first-order valence-electron chi connectivity index (χ1n) is 24.4. The number of amides is 2. The number of benzene rings is 1. The first-order chi connectivity index (χ1) is 31.8. The van der Waals surface area contributed by atoms with Gasteiger partial charge in [-0.2, -0.15) is 0 Å². The highest BCUT2D eigenvalue weighted by Crippen LogP contribution is 2.39. The summed E-state index contributed by atoms with van der Waals surface area (Å²) in [5, 5.41) is 26.8. The second-order valence-electron chi connectivity index (χ2n) is 19.9. The molecule has 2 bridgehead atoms. The molecule has 1 aromatic rings. The predicted octanol–water partition coefficient (Wildman–Crippen LogP) is 6.44. The molecular formula is C52H78N2O13. The number of ketones is 2. The van der Waals surface area contributed by atoms with E-state index in [0.29, 0.717) is 62.6 Å². The number of Topliss-reactive ketones (excluding diaryl/α,β-unsaturated/α-hetero) is 2. The number of methoxy groups -OCH3 is 3. The zero-order valence-corrected chi connectivity index (χ0v) is 41.5. The molecule has 0 unspecified atom stereocenters. The molecule has 3 heterocycles. The van der Waals surface area contributed by atoms with Crippen molar-refractivity contribution in [1.82, 2.24) is 4.90 Å². The van der Waals surface area contributed by atoms with Crippen LogP contribution in [0.4, 0.5) is 5.69 Å². The normalized spacial score (nSPS) is 36.5. The van der Waals surface area contributed by atoms with Crippen LogP contribution in [0.3, 0.4) is 0 Å². The summed E-state index contributed by atoms with van der Waals surface area (Å²) in [4.78, 5) is 71.1. The molecule has 15 nitrogen and oxygen atoms in total. The maximum absolute atomic E-state index is 14.5. The topological polar surface area (TPSA) is 196 Å². The van der Waals surface area contributed by atoms with Crippen LogP contribution in [0.2, 0.25) is 0 Å². The van der Waals surface area contributed by atoms with Crippen LogP contribution in [-0.4, -0.2) is 134 Å². The number of hydrogen-bond acceptors (Lipinski definition) is 13. The Balaban J connectivity index is 1.43. The van der Waals surface area contributed by atoms with Crippen molar-refractivity contribution in [2.24, 2.45) is 29.6 Å². The van der Waals surface area contributed by atoms with Crippen molar-refractivity contribution in [1.29, 1.82) is 0 Å². The van der Waals surface area contributed by atoms with Crippen LogP contribution in [0, 0.1) is 36.5 Å². The fraction of sp³-hybridized carbons (Fsp3) is 0.712. The quantitative estimate of drug-likeness (QED) is 0.132. The van der Waals surface area contributed by atoms with E-state index in [1.165, 1.54) is 19.1 Å². The number of rotatable bonds is 10. The predicted molar refractivity (Wildman–Crippen MR) is 252 cm³/mol. The van der Waals surface area contributed by atoms with Crippen LogP contribution in [0.15, 0.2) is 47.6 Å². The molecule has 0 spiro atoms. The molecule has 1 aliphatic carbocycles. The number of hydrogen-bond donors (Lipinski definition) is 3. The summed E-state index contributed by atoms with van der Waals surface area (Å²) in [6, 6.07) is 6.35. The number of nitrogens with zero attached hydrogens (tertiary/aromatic N) is 1. The first-order valence-corrected chi connectivity index (χ1v) is 24.4. The molecule has 1 aromatic carbocycles. The number of aliphatic hydroxyl groups excluding tert-OH is 1. The van der Waals surface area contributed by atoms with Crippen LogP contribution < -0.4 is 5.32 Å². The third-order valence-corrected chi connectivity index (χ3v) is 14.6. The number of anilines is 1. The standard InChI is InChI=1S/C52H78N2O13/c1-11-37-23-31(3)22-32(4)24-44(63-9)48-45(64-10)26-34(6)52(61,67-48)49(58)50(59)54-21-13-12-14-39(54)51(60)66-47(35(7)40(55)28-41(37)56)33(5)25-36-17-20-42(43(27-36)62-8)65-29-46(57)53-38-18-15-30(2)16-19-38/h15-16,18-19,23,25,32,34-37,39-40,42-45,47-48,55,61H,11-14,17,20-22,24,26-29H2,1-10H3,(H,53,57)/b31-23+,33-25+/t32-,34+,35+,36-,37+,39-,40-,42+,43+,44-,45-,47+,48+,52+/m0/s1. The van der Waals surface area contributed by atoms with E-state index in [1.807, 2.05) is 71.0 Å². The Morgan fingerprint density at radius 2 is 1.57 bits per heavy atom. The SMILES string of the molecule is CC[C@@H]1/C=C(\C)C[C@H](C)C[C@H](OC)[C@H]2O[C@@](O)(C(=O)C(=O)N3CCCC[C@H]3C(=O)O[C@H](/C(C)=C/[C@@H]3CC[C@@H](OCC(=O)Nc4ccc(C)cc4)[C@H](OC)C3)[C@H](C)[C@@H](O)CC1=O)[C@H](C)C[C@@H]2OC. The van der Waals surface area contributed by atoms with E-state index in [-0.39, 0.29) is 68.1 Å². The third kappa shape index (κ3) is 13.7. The van der Waals surface area contributed by atoms with Gasteiger partial charge in [0.1, 0.15) is 30.6 Å². The monoisotopic (exact) mass is 939 g/mol. The van der Waals surface area contributed by atoms with Gasteiger partial charge in [-0.05, 0) is 115 Å². The van der Waals surface area contributed by atoms with Crippen molar-refractivity contribution >= 4 is 35.0 Å². The van der Waals surface area contributed by atoms with Gasteiger partial charge >= 0.3 is 5.97 Å². The van der Waals surface area contributed by atoms with Crippen LogP contribution in [0.5, 0.6) is 0 Å². The molecule has 2 amide bonds. The molecule has 3 fully saturated rings. The molecule has 0 aromatic heterocycles. The number of esters is 1. The van der Waals surface area contributed by atoms with Gasteiger partial charge in [0.25, 0.3) is 11.7 Å². The summed E-state index contributed by atoms with van der Waals surface area (Å²) < 4.78 is 36.4. The summed E-state index contributed by atoms with van der Waals surface area (Å²) in [5.41, 5.74) is 3.40. The number of aliphatic hydroxyl groups is 2. The highest BCUT2D eigenvalue weighted by atomic mass is 16.7. The number of allylic oxidation sites excluding steroid dienone is 3. The van der Waals surface area contributed by atoms with Gasteiger partial charge in [0, 0.05) is 57.7 Å². The van der Waals surface area contributed by atoms with Crippen molar-refractivity contribution in [2.45, 2.75) is 174 Å². The minimum Gasteiger partial charge on any atom is -0.456 e. The van der Waals surface area contributed by atoms with E-state index < -0.39 is 77.8 Å². The number of nitrogens with one attached hydrogen (secondary N) is 1. The van der Waals surface area contributed by atoms with Crippen molar-refractivity contribution < 1.29 is 62.6 Å². The Morgan fingerprint density at radius 3 is 2.22 bits per heavy atom. The summed E-state index contributed by atoms with van der Waals surface area (Å²) in [6.07, 6.45) is 3.76. The second-order valence-corrected chi connectivity index (χ2v) is 19.9. The minimum atomic E-state index is -2.52. The van der Waals surface area contributed by atoms with E-state index in [9.17, 15) is 34.2 Å². The van der Waals surface area contributed by atoms with E-state index >= 15 is 0 Å². The van der Waals surface area contributed by atoms with Gasteiger partial charge in [0.15, 0.2) is 0 Å². The van der Waals surface area contributed by atoms with Gasteiger partial charge in [-0.15, -0.1) is 0 Å². The Hall–Kier alpha value is -3.83. The number of carbonyl (C=O) groups is 5. The fourth-order valence-electron chi connectivity index (χ4n) is 10.6. The van der Waals surface area contributed by atoms with Crippen molar-refractivity contribution in [3.05, 3.63) is 53.1 Å². The lowest BCUT2D eigenvalue weighted by Gasteiger charge is -2.47. The molecule has 67 heavy (non-hydrogen) atoms. The molecule has 0 radical (unpaired) electrons. The molecule has 5 rings (SSSR count). The van der Waals surface area contributed by atoms with Gasteiger partial charge in [-0.1, -0.05) is 63.1 Å². The molecule has 374 valence electrons. The van der Waals surface area contributed by atoms with Gasteiger partial charge in [-0.25, -0.2) is 4.79 Å². The maximum atomic E-state index is 14.5. The average molecular weight is 939 g/mol. The smallest absolute Gasteiger partial charge is 0.329 e. The van der Waals surface area contributed by atoms with Crippen LogP contribution in [0.1, 0.15) is 118 Å². The Labute approximate surface area is 397 Å². The average Bonchev–Trinajstić information content (AvgIpc) is 3.31. The van der Waals surface area contributed by atoms with E-state index in [4.69, 9.17) is 28.4 Å². The molecule has 3 N–H and O–H groups in total. The maximum Gasteiger partial charge on any atom is 0.329 e. The zero-order chi connectivity index (χ0) is 49.2. The summed E-state index contributed by atoms with van der Waals surface area (Å²) in [6.45, 7) is 13.1. The number of ether oxygens (including phenoxy) is 6. The van der Waals surface area contributed by atoms with E-state index in [0.717, 1.165) is 11.1 Å². The molecule has 2 saturated heterocycles. The number of fused-ring (bicyclic) bond motifs is 3. The summed E-state index contributed by atoms with van der Waals surface area (Å²) in [5.74, 6) is -8.00. The highest BCUT2D eigenvalue weighted by Gasteiger charge is 2.56. The third-order valence-electron chi connectivity index (χ3n) is 14.6. The summed E-state index contributed by atoms with van der Waals surface area (Å²) in [7, 11) is 4.67. The zero-order valence-electron chi connectivity index (χ0n) is 41.5. The van der Waals surface area contributed by atoms with E-state index in [2.05, 4.69) is 5.32 Å². The Morgan fingerprint density at radius 1 is 0.896 bits per heavy atom. The molecule has 14 atom stereocenters. The number of carbonyl (C=O) groups excluding carboxylic acids is 5. The molecule has 1 saturated carbocycles. The van der Waals surface area contributed by atoms with Gasteiger partial charge in [0.05, 0.1) is 30.5 Å². The van der Waals surface area contributed by atoms with Crippen molar-refractivity contribution in [2.75, 3.05) is 39.8 Å². The number of aryl methyl sites for hydroxylation is 1. The fourth-order valence-corrected chi connectivity index (χ4v) is 10.6. The van der Waals surface area contributed by atoms with E-state index in [1.54, 1.807) is 21.0 Å². The number of piperidine rings is 1. The second kappa shape index (κ2) is 24.6. The van der Waals surface area contributed by atoms with Gasteiger partial charge in [0.2, 0.25) is 11.7 Å². The summed E-state index contributed by atoms with van der Waals surface area (Å²) >= 11 is 0. The molecule has 3 aliphatic heterocycles. The van der Waals surface area contributed by atoms with Crippen LogP contribution >= 0.6 is 0 Å². The molecular weight excluding hydrogens is 861 g/mol. The minimum absolute atomic E-state index is 0.0184. The lowest BCUT2D eigenvalue weighted by Crippen LogP contribution is -2.64. The highest BCUT2D eigenvalue weighted by molar-refractivity contribution is 6.39. The Kier molecular flexibility index (Phi) is 19.9. The largest absolute Gasteiger partial charge is 0.456 e. The van der Waals surface area contributed by atoms with Crippen molar-refractivity contribution in [3.8, 4) is 0 Å². The van der Waals surface area contributed by atoms with Gasteiger partial charge in [-0.3, -0.25) is 19.2 Å². The molecule has 4 aliphatic rings. The lowest BCUT2D eigenvalue weighted by atomic mass is 9.81. The lowest BCUT2D eigenvalue weighted by molar-refractivity contribution is -0.302.